The summed E-state index contributed by atoms with van der Waals surface area (Å²) in [6.45, 7) is 4.48. The summed E-state index contributed by atoms with van der Waals surface area (Å²) in [5.41, 5.74) is 3.00. The predicted octanol–water partition coefficient (Wildman–Crippen LogP) is 2.85. The van der Waals surface area contributed by atoms with E-state index in [1.807, 2.05) is 0 Å². The molecule has 0 nitrogen and oxygen atoms in total. The Kier molecular flexibility index (Phi) is 2.87. The van der Waals surface area contributed by atoms with Gasteiger partial charge < -0.3 is 0 Å². The molecule has 1 aromatic rings. The van der Waals surface area contributed by atoms with Crippen molar-refractivity contribution in [1.82, 2.24) is 0 Å². The molecule has 12 heavy (non-hydrogen) atoms. The molecule has 1 heteroatoms. The fourth-order valence-corrected chi connectivity index (χ4v) is 9.23. The molecule has 0 heterocycles. The first-order chi connectivity index (χ1) is 5.43. The van der Waals surface area contributed by atoms with Crippen LogP contribution in [0.4, 0.5) is 0 Å². The van der Waals surface area contributed by atoms with Crippen molar-refractivity contribution in [1.29, 1.82) is 0 Å². The third-order valence-electron chi connectivity index (χ3n) is 2.23. The van der Waals surface area contributed by atoms with Crippen molar-refractivity contribution in [2.24, 2.45) is 0 Å². The van der Waals surface area contributed by atoms with E-state index >= 15 is 0 Å². The van der Waals surface area contributed by atoms with E-state index in [2.05, 4.69) is 46.9 Å². The van der Waals surface area contributed by atoms with Gasteiger partial charge in [0.2, 0.25) is 0 Å². The molecular formula is C11H18Sn. The summed E-state index contributed by atoms with van der Waals surface area (Å²) in [6.07, 6.45) is 0. The van der Waals surface area contributed by atoms with Gasteiger partial charge in [0.25, 0.3) is 0 Å². The van der Waals surface area contributed by atoms with Gasteiger partial charge in [-0.2, -0.15) is 0 Å². The second kappa shape index (κ2) is 3.41. The molecule has 66 valence electrons. The Balaban J connectivity index is 3.31. The Bertz CT molecular complexity index is 261. The van der Waals surface area contributed by atoms with Crippen molar-refractivity contribution in [3.63, 3.8) is 0 Å². The number of aryl methyl sites for hydroxylation is 2. The molecule has 0 saturated carbocycles. The summed E-state index contributed by atoms with van der Waals surface area (Å²) in [5.74, 6) is 0. The fourth-order valence-electron chi connectivity index (χ4n) is 2.00. The van der Waals surface area contributed by atoms with Crippen LogP contribution in [-0.2, 0) is 0 Å². The van der Waals surface area contributed by atoms with Crippen LogP contribution in [0.3, 0.4) is 0 Å². The topological polar surface area (TPSA) is 0 Å². The van der Waals surface area contributed by atoms with Gasteiger partial charge >= 0.3 is 79.9 Å². The Morgan fingerprint density at radius 1 is 0.917 bits per heavy atom. The second-order valence-corrected chi connectivity index (χ2v) is 18.8. The molecule has 0 bridgehead atoms. The summed E-state index contributed by atoms with van der Waals surface area (Å²) in [4.78, 5) is 7.43. The molecule has 0 unspecified atom stereocenters. The molecule has 0 atom stereocenters. The van der Waals surface area contributed by atoms with E-state index in [0.717, 1.165) is 0 Å². The summed E-state index contributed by atoms with van der Waals surface area (Å²) in [5, 5.41) is 0. The van der Waals surface area contributed by atoms with Gasteiger partial charge in [0.05, 0.1) is 0 Å². The maximum atomic E-state index is 2.48. The van der Waals surface area contributed by atoms with Crippen LogP contribution in [0.5, 0.6) is 0 Å². The van der Waals surface area contributed by atoms with Crippen molar-refractivity contribution in [2.45, 2.75) is 28.7 Å². The SMILES string of the molecule is Cc1cccc(C)[c]1[Sn]([CH3])([CH3])[CH3]. The van der Waals surface area contributed by atoms with Gasteiger partial charge in [0.15, 0.2) is 0 Å². The first-order valence-electron chi connectivity index (χ1n) is 4.49. The van der Waals surface area contributed by atoms with Crippen LogP contribution in [0, 0.1) is 13.8 Å². The van der Waals surface area contributed by atoms with E-state index in [1.165, 1.54) is 11.1 Å². The quantitative estimate of drug-likeness (QED) is 0.688. The van der Waals surface area contributed by atoms with Gasteiger partial charge in [0.1, 0.15) is 0 Å². The molecule has 0 aliphatic heterocycles. The molecule has 0 spiro atoms. The van der Waals surface area contributed by atoms with Crippen LogP contribution in [0.1, 0.15) is 11.1 Å². The van der Waals surface area contributed by atoms with Gasteiger partial charge in [-0.3, -0.25) is 0 Å². The van der Waals surface area contributed by atoms with Crippen molar-refractivity contribution in [2.75, 3.05) is 0 Å². The number of hydrogen-bond acceptors (Lipinski definition) is 0. The molecule has 0 N–H and O–H groups in total. The van der Waals surface area contributed by atoms with Crippen LogP contribution in [-0.4, -0.2) is 18.4 Å². The Morgan fingerprint density at radius 2 is 1.33 bits per heavy atom. The average molecular weight is 269 g/mol. The van der Waals surface area contributed by atoms with E-state index in [4.69, 9.17) is 0 Å². The summed E-state index contributed by atoms with van der Waals surface area (Å²) in [6, 6.07) is 6.64. The van der Waals surface area contributed by atoms with E-state index in [9.17, 15) is 0 Å². The van der Waals surface area contributed by atoms with Gasteiger partial charge in [-0.1, -0.05) is 0 Å². The zero-order valence-electron chi connectivity index (χ0n) is 8.73. The zero-order valence-corrected chi connectivity index (χ0v) is 11.6. The molecular weight excluding hydrogens is 251 g/mol. The first kappa shape index (κ1) is 10.1. The summed E-state index contributed by atoms with van der Waals surface area (Å²) in [7, 11) is 0. The second-order valence-electron chi connectivity index (χ2n) is 4.52. The van der Waals surface area contributed by atoms with Crippen LogP contribution in [0.2, 0.25) is 14.8 Å². The maximum absolute atomic E-state index is 2.48. The molecule has 0 fully saturated rings. The van der Waals surface area contributed by atoms with Crippen molar-refractivity contribution in [3.05, 3.63) is 29.3 Å². The van der Waals surface area contributed by atoms with Crippen LogP contribution in [0.25, 0.3) is 0 Å². The van der Waals surface area contributed by atoms with Gasteiger partial charge in [-0.15, -0.1) is 0 Å². The molecule has 0 aromatic heterocycles. The fraction of sp³-hybridized carbons (Fsp3) is 0.455. The molecule has 1 aromatic carbocycles. The standard InChI is InChI=1S/C8H9.3CH3.Sn/c1-7-4-3-5-8(2)6-7;;;;/h3-5H,1-2H3;3*1H3;. The molecule has 0 aliphatic rings. The Hall–Kier alpha value is 0.0187. The molecule has 0 aliphatic carbocycles. The Labute approximate surface area is 79.9 Å². The van der Waals surface area contributed by atoms with Crippen LogP contribution in [0.15, 0.2) is 18.2 Å². The third kappa shape index (κ3) is 2.03. The van der Waals surface area contributed by atoms with E-state index in [-0.39, 0.29) is 0 Å². The molecule has 1 rings (SSSR count). The van der Waals surface area contributed by atoms with Gasteiger partial charge in [0, 0.05) is 0 Å². The number of rotatable bonds is 1. The van der Waals surface area contributed by atoms with Crippen molar-refractivity contribution in [3.8, 4) is 0 Å². The number of hydrogen-bond donors (Lipinski definition) is 0. The summed E-state index contributed by atoms with van der Waals surface area (Å²) < 4.78 is 1.70. The molecule has 0 amide bonds. The van der Waals surface area contributed by atoms with Crippen LogP contribution < -0.4 is 3.58 Å². The third-order valence-corrected chi connectivity index (χ3v) is 8.76. The predicted molar refractivity (Wildman–Crippen MR) is 58.9 cm³/mol. The minimum absolute atomic E-state index is 1.50. The van der Waals surface area contributed by atoms with Crippen LogP contribution >= 0.6 is 0 Å². The normalized spacial score (nSPS) is 11.8. The van der Waals surface area contributed by atoms with Gasteiger partial charge in [-0.05, 0) is 0 Å². The van der Waals surface area contributed by atoms with Gasteiger partial charge in [-0.25, -0.2) is 0 Å². The van der Waals surface area contributed by atoms with E-state index in [0.29, 0.717) is 0 Å². The number of benzene rings is 1. The first-order valence-corrected chi connectivity index (χ1v) is 14.5. The Morgan fingerprint density at radius 3 is 1.58 bits per heavy atom. The minimum atomic E-state index is -1.84. The summed E-state index contributed by atoms with van der Waals surface area (Å²) >= 11 is -1.84. The average Bonchev–Trinajstić information content (AvgIpc) is 1.82. The van der Waals surface area contributed by atoms with E-state index < -0.39 is 18.4 Å². The molecule has 0 radical (unpaired) electrons. The van der Waals surface area contributed by atoms with Crippen molar-refractivity contribution < 1.29 is 0 Å². The monoisotopic (exact) mass is 270 g/mol. The van der Waals surface area contributed by atoms with E-state index in [1.54, 1.807) is 3.58 Å². The zero-order chi connectivity index (χ0) is 9.35. The molecule has 0 saturated heterocycles. The van der Waals surface area contributed by atoms with Crippen molar-refractivity contribution >= 4 is 22.0 Å².